The lowest BCUT2D eigenvalue weighted by atomic mass is 9.95. The van der Waals surface area contributed by atoms with E-state index in [1.54, 1.807) is 0 Å². The van der Waals surface area contributed by atoms with Gasteiger partial charge in [-0.2, -0.15) is 12.6 Å². The topological polar surface area (TPSA) is 29.5 Å². The zero-order chi connectivity index (χ0) is 9.90. The molecule has 1 saturated heterocycles. The summed E-state index contributed by atoms with van der Waals surface area (Å²) in [6.45, 7) is 6.62. The Morgan fingerprint density at radius 2 is 2.31 bits per heavy atom. The van der Waals surface area contributed by atoms with Crippen molar-refractivity contribution in [3.05, 3.63) is 0 Å². The molecule has 1 amide bonds. The number of hydrogen-bond acceptors (Lipinski definition) is 3. The van der Waals surface area contributed by atoms with Gasteiger partial charge in [0.2, 0.25) is 5.91 Å². The minimum absolute atomic E-state index is 0.0934. The van der Waals surface area contributed by atoms with Crippen molar-refractivity contribution in [2.75, 3.05) is 32.1 Å². The molecule has 0 aromatic heterocycles. The lowest BCUT2D eigenvalue weighted by Gasteiger charge is -2.33. The summed E-state index contributed by atoms with van der Waals surface area (Å²) in [6.07, 6.45) is 0. The van der Waals surface area contributed by atoms with Crippen molar-refractivity contribution in [3.8, 4) is 0 Å². The summed E-state index contributed by atoms with van der Waals surface area (Å²) in [5.74, 6) is 0.888. The van der Waals surface area contributed by atoms with Crippen LogP contribution < -0.4 is 0 Å². The Hall–Kier alpha value is -0.220. The van der Waals surface area contributed by atoms with Crippen LogP contribution in [0.2, 0.25) is 0 Å². The van der Waals surface area contributed by atoms with Crippen LogP contribution in [-0.2, 0) is 9.53 Å². The van der Waals surface area contributed by atoms with Crippen LogP contribution in [0.3, 0.4) is 0 Å². The summed E-state index contributed by atoms with van der Waals surface area (Å²) in [6, 6.07) is 0. The first-order chi connectivity index (χ1) is 6.05. The molecule has 1 aliphatic rings. The first-order valence-electron chi connectivity index (χ1n) is 4.51. The van der Waals surface area contributed by atoms with Crippen LogP contribution in [0, 0.1) is 5.41 Å². The molecule has 1 fully saturated rings. The Morgan fingerprint density at radius 3 is 2.85 bits per heavy atom. The minimum atomic E-state index is 0.0934. The van der Waals surface area contributed by atoms with E-state index in [0.29, 0.717) is 6.61 Å². The van der Waals surface area contributed by atoms with Crippen LogP contribution in [0.1, 0.15) is 13.8 Å². The molecule has 0 atom stereocenters. The van der Waals surface area contributed by atoms with Gasteiger partial charge < -0.3 is 9.64 Å². The fourth-order valence-electron chi connectivity index (χ4n) is 1.28. The Labute approximate surface area is 84.8 Å². The average Bonchev–Trinajstić information content (AvgIpc) is 2.09. The monoisotopic (exact) mass is 203 g/mol. The molecule has 0 N–H and O–H groups in total. The molecule has 0 aromatic carbocycles. The van der Waals surface area contributed by atoms with Gasteiger partial charge in [-0.15, -0.1) is 0 Å². The molecule has 0 spiro atoms. The van der Waals surface area contributed by atoms with E-state index in [1.165, 1.54) is 0 Å². The quantitative estimate of drug-likeness (QED) is 0.688. The fourth-order valence-corrected chi connectivity index (χ4v) is 1.38. The van der Waals surface area contributed by atoms with E-state index in [9.17, 15) is 4.79 Å². The molecule has 4 heteroatoms. The Kier molecular flexibility index (Phi) is 3.62. The number of ether oxygens (including phenoxy) is 1. The van der Waals surface area contributed by atoms with E-state index in [1.807, 2.05) is 4.90 Å². The molecule has 13 heavy (non-hydrogen) atoms. The third kappa shape index (κ3) is 3.19. The van der Waals surface area contributed by atoms with Gasteiger partial charge in [-0.3, -0.25) is 4.79 Å². The Morgan fingerprint density at radius 1 is 1.62 bits per heavy atom. The average molecular weight is 203 g/mol. The summed E-state index contributed by atoms with van der Waals surface area (Å²) in [5.41, 5.74) is 0.0934. The standard InChI is InChI=1S/C9H17NO2S/c1-9(2,7-13)6-10-3-4-12-5-8(10)11/h13H,3-7H2,1-2H3. The molecular formula is C9H17NO2S. The molecule has 3 nitrogen and oxygen atoms in total. The summed E-state index contributed by atoms with van der Waals surface area (Å²) in [7, 11) is 0. The molecule has 0 saturated carbocycles. The summed E-state index contributed by atoms with van der Waals surface area (Å²) in [4.78, 5) is 13.2. The second-order valence-corrected chi connectivity index (χ2v) is 4.51. The number of morpholine rings is 1. The van der Waals surface area contributed by atoms with Crippen molar-refractivity contribution in [3.63, 3.8) is 0 Å². The number of thiol groups is 1. The fraction of sp³-hybridized carbons (Fsp3) is 0.889. The zero-order valence-corrected chi connectivity index (χ0v) is 9.14. The van der Waals surface area contributed by atoms with Crippen LogP contribution in [0.4, 0.5) is 0 Å². The van der Waals surface area contributed by atoms with Crippen molar-refractivity contribution in [2.24, 2.45) is 5.41 Å². The largest absolute Gasteiger partial charge is 0.370 e. The first-order valence-corrected chi connectivity index (χ1v) is 5.15. The number of carbonyl (C=O) groups excluding carboxylic acids is 1. The van der Waals surface area contributed by atoms with E-state index < -0.39 is 0 Å². The number of rotatable bonds is 3. The number of amides is 1. The van der Waals surface area contributed by atoms with Crippen molar-refractivity contribution in [1.82, 2.24) is 4.90 Å². The smallest absolute Gasteiger partial charge is 0.248 e. The molecule has 1 aliphatic heterocycles. The highest BCUT2D eigenvalue weighted by atomic mass is 32.1. The highest BCUT2D eigenvalue weighted by Gasteiger charge is 2.25. The third-order valence-electron chi connectivity index (χ3n) is 2.13. The third-order valence-corrected chi connectivity index (χ3v) is 2.99. The van der Waals surface area contributed by atoms with E-state index in [-0.39, 0.29) is 17.9 Å². The second-order valence-electron chi connectivity index (χ2n) is 4.19. The molecular weight excluding hydrogens is 186 g/mol. The summed E-state index contributed by atoms with van der Waals surface area (Å²) >= 11 is 4.26. The van der Waals surface area contributed by atoms with Gasteiger partial charge in [0.1, 0.15) is 6.61 Å². The van der Waals surface area contributed by atoms with Gasteiger partial charge in [-0.05, 0) is 11.2 Å². The van der Waals surface area contributed by atoms with E-state index >= 15 is 0 Å². The molecule has 1 heterocycles. The molecule has 1 rings (SSSR count). The summed E-state index contributed by atoms with van der Waals surface area (Å²) in [5, 5.41) is 0. The predicted octanol–water partition coefficient (Wildman–Crippen LogP) is 0.801. The predicted molar refractivity (Wildman–Crippen MR) is 55.0 cm³/mol. The van der Waals surface area contributed by atoms with Gasteiger partial charge in [0.15, 0.2) is 0 Å². The van der Waals surface area contributed by atoms with Gasteiger partial charge in [-0.1, -0.05) is 13.8 Å². The number of nitrogens with zero attached hydrogens (tertiary/aromatic N) is 1. The van der Waals surface area contributed by atoms with Gasteiger partial charge in [0.05, 0.1) is 6.61 Å². The number of carbonyl (C=O) groups is 1. The lowest BCUT2D eigenvalue weighted by Crippen LogP contribution is -2.46. The van der Waals surface area contributed by atoms with Gasteiger partial charge in [-0.25, -0.2) is 0 Å². The van der Waals surface area contributed by atoms with Crippen LogP contribution >= 0.6 is 12.6 Å². The van der Waals surface area contributed by atoms with Crippen LogP contribution in [0.5, 0.6) is 0 Å². The van der Waals surface area contributed by atoms with Crippen LogP contribution in [0.25, 0.3) is 0 Å². The molecule has 0 unspecified atom stereocenters. The molecule has 0 radical (unpaired) electrons. The maximum Gasteiger partial charge on any atom is 0.248 e. The first kappa shape index (κ1) is 10.9. The summed E-state index contributed by atoms with van der Waals surface area (Å²) < 4.78 is 5.05. The van der Waals surface area contributed by atoms with Gasteiger partial charge in [0, 0.05) is 13.1 Å². The maximum absolute atomic E-state index is 11.4. The highest BCUT2D eigenvalue weighted by Crippen LogP contribution is 2.19. The van der Waals surface area contributed by atoms with E-state index in [4.69, 9.17) is 4.74 Å². The van der Waals surface area contributed by atoms with Gasteiger partial charge >= 0.3 is 0 Å². The van der Waals surface area contributed by atoms with E-state index in [2.05, 4.69) is 26.5 Å². The Balaban J connectivity index is 2.47. The molecule has 0 aliphatic carbocycles. The maximum atomic E-state index is 11.4. The van der Waals surface area contributed by atoms with Crippen molar-refractivity contribution >= 4 is 18.5 Å². The molecule has 76 valence electrons. The van der Waals surface area contributed by atoms with Crippen molar-refractivity contribution < 1.29 is 9.53 Å². The lowest BCUT2D eigenvalue weighted by molar-refractivity contribution is -0.144. The normalized spacial score (nSPS) is 19.3. The number of hydrogen-bond donors (Lipinski definition) is 1. The SMILES string of the molecule is CC(C)(CS)CN1CCOCC1=O. The Bertz CT molecular complexity index is 194. The van der Waals surface area contributed by atoms with E-state index in [0.717, 1.165) is 18.8 Å². The molecule has 0 aromatic rings. The van der Waals surface area contributed by atoms with Gasteiger partial charge in [0.25, 0.3) is 0 Å². The van der Waals surface area contributed by atoms with Crippen molar-refractivity contribution in [2.45, 2.75) is 13.8 Å². The van der Waals surface area contributed by atoms with Crippen molar-refractivity contribution in [1.29, 1.82) is 0 Å². The zero-order valence-electron chi connectivity index (χ0n) is 8.25. The van der Waals surface area contributed by atoms with Crippen LogP contribution in [0.15, 0.2) is 0 Å². The molecule has 0 bridgehead atoms. The minimum Gasteiger partial charge on any atom is -0.370 e. The highest BCUT2D eigenvalue weighted by molar-refractivity contribution is 7.80. The second kappa shape index (κ2) is 4.33. The van der Waals surface area contributed by atoms with Crippen LogP contribution in [-0.4, -0.2) is 42.9 Å².